The number of fused-ring (bicyclic) bond motifs is 1. The van der Waals surface area contributed by atoms with Crippen LogP contribution in [-0.2, 0) is 4.79 Å². The molecule has 176 valence electrons. The zero-order chi connectivity index (χ0) is 24.8. The van der Waals surface area contributed by atoms with Crippen molar-refractivity contribution in [3.05, 3.63) is 104 Å². The molecule has 4 rings (SSSR count). The Morgan fingerprint density at radius 1 is 1.00 bits per heavy atom. The third-order valence-corrected chi connectivity index (χ3v) is 5.10. The fourth-order valence-corrected chi connectivity index (χ4v) is 3.27. The summed E-state index contributed by atoms with van der Waals surface area (Å²) in [6.45, 7) is 0.0954. The smallest absolute Gasteiger partial charge is 0.288 e. The molecule has 3 aromatic carbocycles. The minimum atomic E-state index is -0.716. The molecule has 11 heteroatoms. The Morgan fingerprint density at radius 2 is 1.74 bits per heavy atom. The predicted molar refractivity (Wildman–Crippen MR) is 128 cm³/mol. The molecule has 0 aliphatic carbocycles. The van der Waals surface area contributed by atoms with E-state index in [0.717, 1.165) is 0 Å². The summed E-state index contributed by atoms with van der Waals surface area (Å²) in [4.78, 5) is 36.0. The summed E-state index contributed by atoms with van der Waals surface area (Å²) >= 11 is 5.81. The monoisotopic (exact) mass is 492 g/mol. The molecule has 0 unspecified atom stereocenters. The quantitative estimate of drug-likeness (QED) is 0.222. The zero-order valence-corrected chi connectivity index (χ0v) is 18.7. The van der Waals surface area contributed by atoms with Gasteiger partial charge in [0.05, 0.1) is 11.1 Å². The summed E-state index contributed by atoms with van der Waals surface area (Å²) in [7, 11) is 0. The van der Waals surface area contributed by atoms with Gasteiger partial charge >= 0.3 is 0 Å². The van der Waals surface area contributed by atoms with Crippen molar-refractivity contribution >= 4 is 41.4 Å². The number of nitro benzene ring substituents is 1. The number of carbonyl (C=O) groups excluding carboxylic acids is 2. The van der Waals surface area contributed by atoms with Crippen LogP contribution < -0.4 is 20.2 Å². The second-order valence-corrected chi connectivity index (χ2v) is 7.57. The van der Waals surface area contributed by atoms with Gasteiger partial charge in [-0.3, -0.25) is 19.7 Å². The molecule has 0 saturated heterocycles. The summed E-state index contributed by atoms with van der Waals surface area (Å²) in [5, 5.41) is 17.5. The van der Waals surface area contributed by atoms with Gasteiger partial charge in [-0.2, -0.15) is 5.10 Å². The van der Waals surface area contributed by atoms with Gasteiger partial charge < -0.3 is 14.8 Å². The van der Waals surface area contributed by atoms with Crippen molar-refractivity contribution in [1.82, 2.24) is 10.7 Å². The topological polar surface area (TPSA) is 132 Å². The third kappa shape index (κ3) is 5.81. The number of nitrogens with one attached hydrogen (secondary N) is 2. The fourth-order valence-electron chi connectivity index (χ4n) is 3.09. The second-order valence-electron chi connectivity index (χ2n) is 7.16. The maximum atomic E-state index is 12.9. The van der Waals surface area contributed by atoms with Gasteiger partial charge in [-0.05, 0) is 42.0 Å². The molecule has 0 spiro atoms. The Hall–Kier alpha value is -4.70. The van der Waals surface area contributed by atoms with Crippen LogP contribution in [0.5, 0.6) is 11.5 Å². The summed E-state index contributed by atoms with van der Waals surface area (Å²) in [5.74, 6) is -0.130. The average Bonchev–Trinajstić information content (AvgIpc) is 3.33. The molecule has 10 nitrogen and oxygen atoms in total. The van der Waals surface area contributed by atoms with Gasteiger partial charge in [-0.1, -0.05) is 41.9 Å². The highest BCUT2D eigenvalue weighted by Gasteiger charge is 2.17. The number of ether oxygens (including phenoxy) is 2. The summed E-state index contributed by atoms with van der Waals surface area (Å²) in [6, 6.07) is 17.5. The number of benzene rings is 3. The van der Waals surface area contributed by atoms with Crippen molar-refractivity contribution in [2.75, 3.05) is 6.79 Å². The van der Waals surface area contributed by atoms with Crippen LogP contribution in [0.4, 0.5) is 5.69 Å². The number of hydrazone groups is 1. The van der Waals surface area contributed by atoms with Crippen molar-refractivity contribution in [3.8, 4) is 11.5 Å². The minimum Gasteiger partial charge on any atom is -0.454 e. The minimum absolute atomic E-state index is 0.0197. The Kier molecular flexibility index (Phi) is 7.03. The molecule has 1 heterocycles. The maximum Gasteiger partial charge on any atom is 0.288 e. The number of hydrogen-bond donors (Lipinski definition) is 2. The lowest BCUT2D eigenvalue weighted by atomic mass is 10.1. The highest BCUT2D eigenvalue weighted by Crippen LogP contribution is 2.33. The molecule has 1 aliphatic heterocycles. The van der Waals surface area contributed by atoms with Crippen LogP contribution in [0, 0.1) is 10.1 Å². The van der Waals surface area contributed by atoms with Crippen molar-refractivity contribution in [2.24, 2.45) is 5.10 Å². The number of rotatable bonds is 7. The highest BCUT2D eigenvalue weighted by atomic mass is 35.5. The van der Waals surface area contributed by atoms with Crippen LogP contribution in [0.3, 0.4) is 0 Å². The molecule has 0 atom stereocenters. The molecule has 35 heavy (non-hydrogen) atoms. The summed E-state index contributed by atoms with van der Waals surface area (Å²) < 4.78 is 10.7. The molecule has 0 radical (unpaired) electrons. The van der Waals surface area contributed by atoms with Gasteiger partial charge in [-0.25, -0.2) is 5.43 Å². The number of nitro groups is 1. The van der Waals surface area contributed by atoms with Crippen molar-refractivity contribution in [1.29, 1.82) is 0 Å². The number of carbonyl (C=O) groups is 2. The number of hydrogen-bond acceptors (Lipinski definition) is 7. The van der Waals surface area contributed by atoms with E-state index in [0.29, 0.717) is 28.2 Å². The van der Waals surface area contributed by atoms with Crippen molar-refractivity contribution in [3.63, 3.8) is 0 Å². The summed E-state index contributed by atoms with van der Waals surface area (Å²) in [6.07, 6.45) is 2.68. The van der Waals surface area contributed by atoms with Crippen molar-refractivity contribution < 1.29 is 24.0 Å². The predicted octanol–water partition coefficient (Wildman–Crippen LogP) is 3.90. The highest BCUT2D eigenvalue weighted by molar-refractivity contribution is 6.32. The molecule has 2 N–H and O–H groups in total. The molecule has 3 aromatic rings. The Labute approximate surface area is 204 Å². The lowest BCUT2D eigenvalue weighted by molar-refractivity contribution is -0.384. The molecule has 0 aromatic heterocycles. The van der Waals surface area contributed by atoms with Gasteiger partial charge in [-0.15, -0.1) is 0 Å². The van der Waals surface area contributed by atoms with Gasteiger partial charge in [0, 0.05) is 17.2 Å². The van der Waals surface area contributed by atoms with E-state index in [1.54, 1.807) is 48.5 Å². The summed E-state index contributed by atoms with van der Waals surface area (Å²) in [5.41, 5.74) is 3.21. The van der Waals surface area contributed by atoms with Gasteiger partial charge in [0.25, 0.3) is 17.5 Å². The molecular weight excluding hydrogens is 476 g/mol. The van der Waals surface area contributed by atoms with E-state index < -0.39 is 16.7 Å². The van der Waals surface area contributed by atoms with Gasteiger partial charge in [0.15, 0.2) is 11.5 Å². The maximum absolute atomic E-state index is 12.9. The number of halogens is 1. The first-order valence-corrected chi connectivity index (χ1v) is 10.5. The SMILES string of the molecule is O=C(NN=Cc1ccc(Cl)c([N+](=O)[O-])c1)C(=Cc1ccc2c(c1)OCO2)NC(=O)c1ccccc1. The van der Waals surface area contributed by atoms with Crippen LogP contribution in [-0.4, -0.2) is 29.7 Å². The first-order valence-electron chi connectivity index (χ1n) is 10.2. The molecule has 0 fully saturated rings. The molecular formula is C24H17ClN4O6. The Bertz CT molecular complexity index is 1360. The van der Waals surface area contributed by atoms with E-state index in [1.807, 2.05) is 0 Å². The zero-order valence-electron chi connectivity index (χ0n) is 17.9. The molecule has 0 saturated carbocycles. The van der Waals surface area contributed by atoms with E-state index in [1.165, 1.54) is 30.5 Å². The van der Waals surface area contributed by atoms with Crippen LogP contribution in [0.2, 0.25) is 5.02 Å². The lowest BCUT2D eigenvalue weighted by Crippen LogP contribution is -2.32. The third-order valence-electron chi connectivity index (χ3n) is 4.78. The van der Waals surface area contributed by atoms with Crippen LogP contribution in [0.15, 0.2) is 77.5 Å². The molecule has 0 bridgehead atoms. The van der Waals surface area contributed by atoms with E-state index in [4.69, 9.17) is 21.1 Å². The van der Waals surface area contributed by atoms with Crippen LogP contribution in [0.1, 0.15) is 21.5 Å². The van der Waals surface area contributed by atoms with Crippen LogP contribution in [0.25, 0.3) is 6.08 Å². The molecule has 1 aliphatic rings. The Balaban J connectivity index is 1.56. The number of amides is 2. The Morgan fingerprint density at radius 3 is 2.51 bits per heavy atom. The number of nitrogens with zero attached hydrogens (tertiary/aromatic N) is 2. The van der Waals surface area contributed by atoms with Gasteiger partial charge in [0.2, 0.25) is 6.79 Å². The van der Waals surface area contributed by atoms with E-state index in [-0.39, 0.29) is 23.2 Å². The van der Waals surface area contributed by atoms with Crippen molar-refractivity contribution in [2.45, 2.75) is 0 Å². The average molecular weight is 493 g/mol. The second kappa shape index (κ2) is 10.5. The van der Waals surface area contributed by atoms with E-state index in [9.17, 15) is 19.7 Å². The first kappa shape index (κ1) is 23.5. The fraction of sp³-hybridized carbons (Fsp3) is 0.0417. The van der Waals surface area contributed by atoms with E-state index >= 15 is 0 Å². The molecule has 2 amide bonds. The van der Waals surface area contributed by atoms with E-state index in [2.05, 4.69) is 15.8 Å². The van der Waals surface area contributed by atoms with Crippen LogP contribution >= 0.6 is 11.6 Å². The normalized spacial score (nSPS) is 12.4. The van der Waals surface area contributed by atoms with Gasteiger partial charge in [0.1, 0.15) is 10.7 Å². The largest absolute Gasteiger partial charge is 0.454 e. The lowest BCUT2D eigenvalue weighted by Gasteiger charge is -2.09. The first-order chi connectivity index (χ1) is 16.9. The standard InChI is InChI=1S/C24H17ClN4O6/c25-18-8-6-16(11-20(18)29(32)33)13-26-28-24(31)19(27-23(30)17-4-2-1-3-5-17)10-15-7-9-21-22(12-15)35-14-34-21/h1-13H,14H2,(H,27,30)(H,28,31).